The zero-order chi connectivity index (χ0) is 16.9. The maximum Gasteiger partial charge on any atom is 0.253 e. The molecular formula is C19H19BrN2O2. The molecule has 5 heteroatoms. The van der Waals surface area contributed by atoms with Crippen LogP contribution in [0.1, 0.15) is 39.1 Å². The molecule has 1 fully saturated rings. The Morgan fingerprint density at radius 1 is 1.00 bits per heavy atom. The van der Waals surface area contributed by atoms with E-state index in [2.05, 4.69) is 21.2 Å². The van der Waals surface area contributed by atoms with Crippen molar-refractivity contribution < 1.29 is 9.59 Å². The van der Waals surface area contributed by atoms with Gasteiger partial charge in [-0.05, 0) is 48.7 Å². The van der Waals surface area contributed by atoms with Gasteiger partial charge in [0, 0.05) is 35.2 Å². The van der Waals surface area contributed by atoms with Crippen molar-refractivity contribution in [3.05, 3.63) is 69.7 Å². The highest BCUT2D eigenvalue weighted by Gasteiger charge is 2.19. The molecule has 0 radical (unpaired) electrons. The van der Waals surface area contributed by atoms with E-state index in [1.807, 2.05) is 41.3 Å². The summed E-state index contributed by atoms with van der Waals surface area (Å²) in [6.07, 6.45) is 2.16. The third-order valence-corrected chi connectivity index (χ3v) is 4.60. The number of likely N-dealkylation sites (tertiary alicyclic amines) is 1. The molecule has 2 aromatic carbocycles. The van der Waals surface area contributed by atoms with Gasteiger partial charge >= 0.3 is 0 Å². The normalized spacial score (nSPS) is 13.8. The minimum Gasteiger partial charge on any atom is -0.348 e. The number of benzene rings is 2. The Kier molecular flexibility index (Phi) is 5.30. The molecule has 4 nitrogen and oxygen atoms in total. The van der Waals surface area contributed by atoms with E-state index in [9.17, 15) is 9.59 Å². The second kappa shape index (κ2) is 7.62. The first kappa shape index (κ1) is 16.7. The lowest BCUT2D eigenvalue weighted by Crippen LogP contribution is -2.28. The van der Waals surface area contributed by atoms with Gasteiger partial charge in [0.2, 0.25) is 0 Å². The first-order valence-corrected chi connectivity index (χ1v) is 8.85. The minimum absolute atomic E-state index is 0.0765. The van der Waals surface area contributed by atoms with Crippen LogP contribution in [0, 0.1) is 0 Å². The van der Waals surface area contributed by atoms with Crippen LogP contribution >= 0.6 is 15.9 Å². The van der Waals surface area contributed by atoms with E-state index < -0.39 is 0 Å². The monoisotopic (exact) mass is 386 g/mol. The molecule has 124 valence electrons. The van der Waals surface area contributed by atoms with Crippen molar-refractivity contribution in [1.82, 2.24) is 10.2 Å². The summed E-state index contributed by atoms with van der Waals surface area (Å²) in [5.74, 6) is -0.0553. The van der Waals surface area contributed by atoms with E-state index >= 15 is 0 Å². The van der Waals surface area contributed by atoms with Gasteiger partial charge in [0.25, 0.3) is 11.8 Å². The molecule has 0 saturated carbocycles. The predicted molar refractivity (Wildman–Crippen MR) is 96.9 cm³/mol. The topological polar surface area (TPSA) is 49.4 Å². The van der Waals surface area contributed by atoms with E-state index in [1.54, 1.807) is 12.1 Å². The van der Waals surface area contributed by atoms with Crippen LogP contribution in [0.2, 0.25) is 0 Å². The fraction of sp³-hybridized carbons (Fsp3) is 0.263. The average molecular weight is 387 g/mol. The Labute approximate surface area is 150 Å². The van der Waals surface area contributed by atoms with Gasteiger partial charge < -0.3 is 10.2 Å². The van der Waals surface area contributed by atoms with Crippen LogP contribution < -0.4 is 5.32 Å². The molecule has 1 aliphatic heterocycles. The Hall–Kier alpha value is -2.14. The highest BCUT2D eigenvalue weighted by molar-refractivity contribution is 9.10. The number of carbonyl (C=O) groups is 2. The number of amides is 2. The maximum atomic E-state index is 12.4. The fourth-order valence-electron chi connectivity index (χ4n) is 2.83. The summed E-state index contributed by atoms with van der Waals surface area (Å²) in [4.78, 5) is 26.5. The largest absolute Gasteiger partial charge is 0.348 e. The predicted octanol–water partition coefficient (Wildman–Crippen LogP) is 3.62. The van der Waals surface area contributed by atoms with E-state index in [0.29, 0.717) is 17.7 Å². The van der Waals surface area contributed by atoms with Crippen molar-refractivity contribution in [2.24, 2.45) is 0 Å². The molecule has 1 N–H and O–H groups in total. The van der Waals surface area contributed by atoms with Crippen molar-refractivity contribution in [3.63, 3.8) is 0 Å². The van der Waals surface area contributed by atoms with Crippen LogP contribution in [-0.2, 0) is 6.54 Å². The van der Waals surface area contributed by atoms with Gasteiger partial charge in [-0.2, -0.15) is 0 Å². The third-order valence-electron chi connectivity index (χ3n) is 4.11. The molecule has 1 aliphatic rings. The fourth-order valence-corrected chi connectivity index (χ4v) is 3.23. The smallest absolute Gasteiger partial charge is 0.253 e. The molecular weight excluding hydrogens is 368 g/mol. The average Bonchev–Trinajstić information content (AvgIpc) is 3.14. The molecule has 0 bridgehead atoms. The number of nitrogens with one attached hydrogen (secondary N) is 1. The molecule has 0 aliphatic carbocycles. The number of rotatable bonds is 4. The number of hydrogen-bond acceptors (Lipinski definition) is 2. The first-order valence-electron chi connectivity index (χ1n) is 8.05. The van der Waals surface area contributed by atoms with E-state index in [1.165, 1.54) is 0 Å². The van der Waals surface area contributed by atoms with Gasteiger partial charge in [0.1, 0.15) is 0 Å². The van der Waals surface area contributed by atoms with Gasteiger partial charge in [-0.25, -0.2) is 0 Å². The second-order valence-electron chi connectivity index (χ2n) is 5.89. The Bertz CT molecular complexity index is 755. The summed E-state index contributed by atoms with van der Waals surface area (Å²) in [6, 6.07) is 14.7. The lowest BCUT2D eigenvalue weighted by Gasteiger charge is -2.15. The zero-order valence-corrected chi connectivity index (χ0v) is 14.9. The summed E-state index contributed by atoms with van der Waals surface area (Å²) < 4.78 is 0.869. The van der Waals surface area contributed by atoms with Gasteiger partial charge in [-0.3, -0.25) is 9.59 Å². The molecule has 24 heavy (non-hydrogen) atoms. The van der Waals surface area contributed by atoms with Gasteiger partial charge in [-0.15, -0.1) is 0 Å². The molecule has 2 aromatic rings. The lowest BCUT2D eigenvalue weighted by molar-refractivity contribution is 0.0792. The van der Waals surface area contributed by atoms with Crippen molar-refractivity contribution in [2.45, 2.75) is 19.4 Å². The number of hydrogen-bond donors (Lipinski definition) is 1. The molecule has 0 unspecified atom stereocenters. The summed E-state index contributed by atoms with van der Waals surface area (Å²) in [7, 11) is 0. The van der Waals surface area contributed by atoms with Crippen molar-refractivity contribution in [2.75, 3.05) is 13.1 Å². The molecule has 0 atom stereocenters. The van der Waals surface area contributed by atoms with Crippen LogP contribution in [0.25, 0.3) is 0 Å². The molecule has 1 heterocycles. The number of halogens is 1. The zero-order valence-electron chi connectivity index (χ0n) is 13.3. The molecule has 0 spiro atoms. The van der Waals surface area contributed by atoms with Gasteiger partial charge in [0.05, 0.1) is 0 Å². The second-order valence-corrected chi connectivity index (χ2v) is 6.81. The van der Waals surface area contributed by atoms with Crippen LogP contribution in [0.3, 0.4) is 0 Å². The first-order chi connectivity index (χ1) is 11.6. The number of nitrogens with zero attached hydrogens (tertiary/aromatic N) is 1. The summed E-state index contributed by atoms with van der Waals surface area (Å²) in [6.45, 7) is 2.07. The van der Waals surface area contributed by atoms with E-state index in [-0.39, 0.29) is 11.8 Å². The van der Waals surface area contributed by atoms with E-state index in [4.69, 9.17) is 0 Å². The van der Waals surface area contributed by atoms with Crippen LogP contribution in [-0.4, -0.2) is 29.8 Å². The maximum absolute atomic E-state index is 12.4. The highest BCUT2D eigenvalue weighted by Crippen LogP contribution is 2.15. The Morgan fingerprint density at radius 2 is 1.71 bits per heavy atom. The minimum atomic E-state index is -0.132. The summed E-state index contributed by atoms with van der Waals surface area (Å²) in [5.41, 5.74) is 2.21. The van der Waals surface area contributed by atoms with Gasteiger partial charge in [0.15, 0.2) is 0 Å². The summed E-state index contributed by atoms with van der Waals surface area (Å²) >= 11 is 3.36. The molecule has 3 rings (SSSR count). The quantitative estimate of drug-likeness (QED) is 0.872. The standard InChI is InChI=1S/C19H19BrN2O2/c20-17-8-4-6-15(12-17)18(23)21-13-14-5-3-7-16(11-14)19(24)22-9-1-2-10-22/h3-8,11-12H,1-2,9-10,13H2,(H,21,23). The van der Waals surface area contributed by atoms with E-state index in [0.717, 1.165) is 36.0 Å². The van der Waals surface area contributed by atoms with Crippen molar-refractivity contribution in [1.29, 1.82) is 0 Å². The molecule has 2 amide bonds. The summed E-state index contributed by atoms with van der Waals surface area (Å²) in [5, 5.41) is 2.89. The van der Waals surface area contributed by atoms with Crippen LogP contribution in [0.15, 0.2) is 53.0 Å². The third kappa shape index (κ3) is 4.03. The van der Waals surface area contributed by atoms with Crippen molar-refractivity contribution in [3.8, 4) is 0 Å². The Morgan fingerprint density at radius 3 is 2.46 bits per heavy atom. The van der Waals surface area contributed by atoms with Crippen LogP contribution in [0.5, 0.6) is 0 Å². The lowest BCUT2D eigenvalue weighted by atomic mass is 10.1. The van der Waals surface area contributed by atoms with Crippen LogP contribution in [0.4, 0.5) is 0 Å². The SMILES string of the molecule is O=C(NCc1cccc(C(=O)N2CCCC2)c1)c1cccc(Br)c1. The highest BCUT2D eigenvalue weighted by atomic mass is 79.9. The molecule has 0 aromatic heterocycles. The number of carbonyl (C=O) groups excluding carboxylic acids is 2. The molecule has 1 saturated heterocycles. The van der Waals surface area contributed by atoms with Crippen molar-refractivity contribution >= 4 is 27.7 Å². The Balaban J connectivity index is 1.64. The van der Waals surface area contributed by atoms with Gasteiger partial charge in [-0.1, -0.05) is 34.1 Å².